The van der Waals surface area contributed by atoms with Gasteiger partial charge in [0.15, 0.2) is 11.5 Å². The fraction of sp³-hybridized carbons (Fsp3) is 0.300. The van der Waals surface area contributed by atoms with E-state index in [1.165, 1.54) is 0 Å². The molecule has 0 amide bonds. The van der Waals surface area contributed by atoms with Gasteiger partial charge < -0.3 is 20.2 Å². The predicted octanol–water partition coefficient (Wildman–Crippen LogP) is 5.52. The normalized spacial score (nSPS) is 13.5. The van der Waals surface area contributed by atoms with Crippen molar-refractivity contribution < 1.29 is 22.6 Å². The Kier molecular flexibility index (Phi) is 4.89. The van der Waals surface area contributed by atoms with E-state index in [1.54, 1.807) is 24.3 Å². The smallest absolute Gasteiger partial charge is 0.418 e. The van der Waals surface area contributed by atoms with Crippen LogP contribution >= 0.6 is 11.6 Å². The molecule has 1 aliphatic heterocycles. The van der Waals surface area contributed by atoms with E-state index in [1.807, 2.05) is 0 Å². The molecule has 0 radical (unpaired) electrons. The lowest BCUT2D eigenvalue weighted by Crippen LogP contribution is -2.05. The van der Waals surface area contributed by atoms with E-state index in [2.05, 4.69) is 4.98 Å². The van der Waals surface area contributed by atoms with Gasteiger partial charge in [-0.1, -0.05) is 11.6 Å². The Morgan fingerprint density at radius 1 is 1.07 bits per heavy atom. The van der Waals surface area contributed by atoms with E-state index in [-0.39, 0.29) is 17.3 Å². The van der Waals surface area contributed by atoms with E-state index < -0.39 is 11.7 Å². The summed E-state index contributed by atoms with van der Waals surface area (Å²) in [6, 6.07) is 7.86. The Balaban J connectivity index is 1.92. The number of hydrogen-bond acceptors (Lipinski definition) is 3. The lowest BCUT2D eigenvalue weighted by atomic mass is 9.99. The molecule has 3 N–H and O–H groups in total. The SMILES string of the molecule is NCCCCc1c(-c2ccc3c(c2)OCO3)[nH]c2c(C(F)(F)F)cc(Cl)cc12. The number of aryl methyl sites for hydroxylation is 1. The molecule has 0 saturated carbocycles. The van der Waals surface area contributed by atoms with Gasteiger partial charge in [-0.25, -0.2) is 0 Å². The first-order valence-corrected chi connectivity index (χ1v) is 9.27. The first kappa shape index (κ1) is 19.0. The molecule has 28 heavy (non-hydrogen) atoms. The quantitative estimate of drug-likeness (QED) is 0.545. The molecule has 4 rings (SSSR count). The maximum Gasteiger partial charge on any atom is 0.418 e. The van der Waals surface area contributed by atoms with Gasteiger partial charge in [0, 0.05) is 21.7 Å². The maximum absolute atomic E-state index is 13.6. The van der Waals surface area contributed by atoms with Gasteiger partial charge in [-0.05, 0) is 61.7 Å². The number of fused-ring (bicyclic) bond motifs is 2. The van der Waals surface area contributed by atoms with Gasteiger partial charge in [0.05, 0.1) is 11.1 Å². The highest BCUT2D eigenvalue weighted by atomic mass is 35.5. The number of rotatable bonds is 5. The minimum atomic E-state index is -4.52. The van der Waals surface area contributed by atoms with Gasteiger partial charge in [0.2, 0.25) is 6.79 Å². The van der Waals surface area contributed by atoms with Crippen LogP contribution in [0.2, 0.25) is 5.02 Å². The summed E-state index contributed by atoms with van der Waals surface area (Å²) in [6.07, 6.45) is -2.40. The average molecular weight is 411 g/mol. The zero-order valence-electron chi connectivity index (χ0n) is 14.8. The topological polar surface area (TPSA) is 60.3 Å². The summed E-state index contributed by atoms with van der Waals surface area (Å²) in [5.74, 6) is 1.18. The van der Waals surface area contributed by atoms with Crippen LogP contribution in [-0.4, -0.2) is 18.3 Å². The van der Waals surface area contributed by atoms with Crippen LogP contribution < -0.4 is 15.2 Å². The van der Waals surface area contributed by atoms with Crippen molar-refractivity contribution in [3.05, 3.63) is 46.5 Å². The first-order chi connectivity index (χ1) is 13.4. The zero-order chi connectivity index (χ0) is 19.9. The molecule has 8 heteroatoms. The zero-order valence-corrected chi connectivity index (χ0v) is 15.6. The number of benzene rings is 2. The molecule has 0 spiro atoms. The minimum Gasteiger partial charge on any atom is -0.454 e. The van der Waals surface area contributed by atoms with E-state index in [4.69, 9.17) is 26.8 Å². The summed E-state index contributed by atoms with van der Waals surface area (Å²) in [6.45, 7) is 0.652. The van der Waals surface area contributed by atoms with Crippen molar-refractivity contribution in [2.75, 3.05) is 13.3 Å². The second-order valence-corrected chi connectivity index (χ2v) is 7.10. The van der Waals surface area contributed by atoms with E-state index in [0.29, 0.717) is 35.5 Å². The van der Waals surface area contributed by atoms with Crippen LogP contribution in [0.15, 0.2) is 30.3 Å². The van der Waals surface area contributed by atoms with Crippen LogP contribution in [0.1, 0.15) is 24.0 Å². The molecule has 0 aliphatic carbocycles. The second kappa shape index (κ2) is 7.22. The van der Waals surface area contributed by atoms with Gasteiger partial charge >= 0.3 is 6.18 Å². The molecule has 1 aliphatic rings. The molecule has 0 atom stereocenters. The van der Waals surface area contributed by atoms with Crippen LogP contribution in [0.4, 0.5) is 13.2 Å². The Labute approximate surface area is 164 Å². The maximum atomic E-state index is 13.6. The van der Waals surface area contributed by atoms with Crippen LogP contribution in [0.3, 0.4) is 0 Å². The highest BCUT2D eigenvalue weighted by Crippen LogP contribution is 2.43. The van der Waals surface area contributed by atoms with Gasteiger partial charge in [-0.15, -0.1) is 0 Å². The number of halogens is 4. The molecule has 0 bridgehead atoms. The highest BCUT2D eigenvalue weighted by Gasteiger charge is 2.34. The van der Waals surface area contributed by atoms with Crippen LogP contribution in [0.5, 0.6) is 11.5 Å². The number of nitrogens with two attached hydrogens (primary N) is 1. The van der Waals surface area contributed by atoms with E-state index >= 15 is 0 Å². The fourth-order valence-electron chi connectivity index (χ4n) is 3.54. The third kappa shape index (κ3) is 3.40. The largest absolute Gasteiger partial charge is 0.454 e. The molecule has 0 unspecified atom stereocenters. The number of nitrogens with one attached hydrogen (secondary N) is 1. The number of unbranched alkanes of at least 4 members (excludes halogenated alkanes) is 1. The summed E-state index contributed by atoms with van der Waals surface area (Å²) >= 11 is 6.02. The van der Waals surface area contributed by atoms with Crippen molar-refractivity contribution in [3.8, 4) is 22.8 Å². The average Bonchev–Trinajstić information content (AvgIpc) is 3.24. The fourth-order valence-corrected chi connectivity index (χ4v) is 3.76. The summed E-state index contributed by atoms with van der Waals surface area (Å²) in [5.41, 5.74) is 6.99. The molecule has 0 fully saturated rings. The van der Waals surface area contributed by atoms with Crippen molar-refractivity contribution in [1.82, 2.24) is 4.98 Å². The number of ether oxygens (including phenoxy) is 2. The number of hydrogen-bond donors (Lipinski definition) is 2. The molecular formula is C20H18ClF3N2O2. The van der Waals surface area contributed by atoms with Gasteiger partial charge in [0.25, 0.3) is 0 Å². The summed E-state index contributed by atoms with van der Waals surface area (Å²) in [4.78, 5) is 2.99. The standard InChI is InChI=1S/C20H18ClF3N2O2/c21-12-8-14-13(3-1-2-6-25)18(26-19(14)15(9-12)20(22,23)24)11-4-5-16-17(7-11)28-10-27-16/h4-5,7-9,26H,1-3,6,10,25H2. The number of H-pyrrole nitrogens is 1. The van der Waals surface area contributed by atoms with Crippen molar-refractivity contribution in [2.45, 2.75) is 25.4 Å². The summed E-state index contributed by atoms with van der Waals surface area (Å²) in [7, 11) is 0. The lowest BCUT2D eigenvalue weighted by Gasteiger charge is -2.09. The molecule has 2 heterocycles. The van der Waals surface area contributed by atoms with Crippen molar-refractivity contribution in [2.24, 2.45) is 5.73 Å². The van der Waals surface area contributed by atoms with Gasteiger partial charge in [0.1, 0.15) is 0 Å². The number of alkyl halides is 3. The van der Waals surface area contributed by atoms with Crippen molar-refractivity contribution in [3.63, 3.8) is 0 Å². The van der Waals surface area contributed by atoms with Crippen LogP contribution in [-0.2, 0) is 12.6 Å². The third-order valence-corrected chi connectivity index (χ3v) is 5.05. The Bertz CT molecular complexity index is 1030. The van der Waals surface area contributed by atoms with Crippen LogP contribution in [0.25, 0.3) is 22.2 Å². The molecule has 1 aromatic heterocycles. The number of aromatic nitrogens is 1. The predicted molar refractivity (Wildman–Crippen MR) is 102 cm³/mol. The lowest BCUT2D eigenvalue weighted by molar-refractivity contribution is -0.136. The minimum absolute atomic E-state index is 0.0346. The molecule has 148 valence electrons. The van der Waals surface area contributed by atoms with Crippen molar-refractivity contribution >= 4 is 22.5 Å². The Morgan fingerprint density at radius 2 is 1.86 bits per heavy atom. The van der Waals surface area contributed by atoms with Crippen molar-refractivity contribution in [1.29, 1.82) is 0 Å². The number of aromatic amines is 1. The molecule has 2 aromatic carbocycles. The monoisotopic (exact) mass is 410 g/mol. The summed E-state index contributed by atoms with van der Waals surface area (Å²) < 4.78 is 51.5. The summed E-state index contributed by atoms with van der Waals surface area (Å²) in [5, 5.41) is 0.528. The molecular weight excluding hydrogens is 393 g/mol. The van der Waals surface area contributed by atoms with E-state index in [0.717, 1.165) is 30.0 Å². The Hall–Kier alpha value is -2.38. The van der Waals surface area contributed by atoms with E-state index in [9.17, 15) is 13.2 Å². The third-order valence-electron chi connectivity index (χ3n) is 4.83. The highest BCUT2D eigenvalue weighted by molar-refractivity contribution is 6.31. The van der Waals surface area contributed by atoms with Gasteiger partial charge in [-0.2, -0.15) is 13.2 Å². The first-order valence-electron chi connectivity index (χ1n) is 8.90. The molecule has 3 aromatic rings. The Morgan fingerprint density at radius 3 is 2.61 bits per heavy atom. The van der Waals surface area contributed by atoms with Gasteiger partial charge in [-0.3, -0.25) is 0 Å². The second-order valence-electron chi connectivity index (χ2n) is 6.67. The van der Waals surface area contributed by atoms with Crippen LogP contribution in [0, 0.1) is 0 Å². The molecule has 4 nitrogen and oxygen atoms in total. The molecule has 0 saturated heterocycles.